The zero-order valence-electron chi connectivity index (χ0n) is 28.9. The summed E-state index contributed by atoms with van der Waals surface area (Å²) >= 11 is 0. The Morgan fingerprint density at radius 3 is 2.10 bits per heavy atom. The molecule has 0 radical (unpaired) electrons. The molecule has 1 heterocycles. The molecule has 0 aliphatic carbocycles. The number of likely N-dealkylation sites (N-methyl/N-ethyl adjacent to an activating group) is 1. The molecule has 258 valence electrons. The van der Waals surface area contributed by atoms with Gasteiger partial charge < -0.3 is 25.0 Å². The van der Waals surface area contributed by atoms with Crippen molar-refractivity contribution in [3.05, 3.63) is 167 Å². The van der Waals surface area contributed by atoms with Crippen LogP contribution >= 0.6 is 0 Å². The van der Waals surface area contributed by atoms with E-state index >= 15 is 0 Å². The summed E-state index contributed by atoms with van der Waals surface area (Å²) < 4.78 is 13.4. The summed E-state index contributed by atoms with van der Waals surface area (Å²) in [5.41, 5.74) is 7.37. The number of ether oxygens (including phenoxy) is 2. The summed E-state index contributed by atoms with van der Waals surface area (Å²) in [4.78, 5) is 14.9. The second kappa shape index (κ2) is 16.4. The lowest BCUT2D eigenvalue weighted by Gasteiger charge is -2.43. The number of aliphatic hydroxyl groups is 2. The van der Waals surface area contributed by atoms with Gasteiger partial charge in [-0.2, -0.15) is 0 Å². The Morgan fingerprint density at radius 1 is 0.800 bits per heavy atom. The van der Waals surface area contributed by atoms with Gasteiger partial charge in [-0.1, -0.05) is 128 Å². The van der Waals surface area contributed by atoms with E-state index < -0.39 is 12.4 Å². The molecule has 6 atom stereocenters. The SMILES string of the molecule is C[C@@H]1[C@H](CN(C)[C@H](C)[C@@H](O)c2ccccc2)O[C@H](c2ccc(-c3ccccc3CNC(=O)c3ccccc3)cc2)O[C@@H]1c1ccc(CO)cc1. The molecular formula is C43H46N2O5. The third-order valence-electron chi connectivity index (χ3n) is 9.87. The standard InChI is InChI=1S/C43H46N2O5/c1-29-39(27-45(3)30(2)40(47)33-12-6-4-7-13-33)49-43(50-41(29)34-20-18-31(28-46)19-21-34)36-24-22-32(23-25-36)38-17-11-10-16-37(38)26-44-42(48)35-14-8-5-9-15-35/h4-25,29-30,39-41,43,46-47H,26-28H2,1-3H3,(H,44,48)/t29-,30-,39+,40-,41+,43+/m1/s1. The van der Waals surface area contributed by atoms with E-state index in [0.717, 1.165) is 38.9 Å². The molecule has 5 aromatic carbocycles. The third kappa shape index (κ3) is 8.21. The van der Waals surface area contributed by atoms with E-state index in [2.05, 4.69) is 35.3 Å². The van der Waals surface area contributed by atoms with Crippen molar-refractivity contribution in [1.82, 2.24) is 10.2 Å². The molecule has 5 aromatic rings. The van der Waals surface area contributed by atoms with Crippen LogP contribution in [0.25, 0.3) is 11.1 Å². The Kier molecular flexibility index (Phi) is 11.5. The first kappa shape index (κ1) is 35.2. The molecule has 1 saturated heterocycles. The van der Waals surface area contributed by atoms with Gasteiger partial charge in [-0.05, 0) is 59.5 Å². The maximum Gasteiger partial charge on any atom is 0.251 e. The predicted octanol–water partition coefficient (Wildman–Crippen LogP) is 7.62. The van der Waals surface area contributed by atoms with Crippen LogP contribution in [0.3, 0.4) is 0 Å². The molecule has 1 aliphatic rings. The summed E-state index contributed by atoms with van der Waals surface area (Å²) in [6.07, 6.45) is -1.70. The molecule has 3 N–H and O–H groups in total. The van der Waals surface area contributed by atoms with Gasteiger partial charge in [-0.15, -0.1) is 0 Å². The minimum Gasteiger partial charge on any atom is -0.392 e. The third-order valence-corrected chi connectivity index (χ3v) is 9.87. The smallest absolute Gasteiger partial charge is 0.251 e. The number of aliphatic hydroxyl groups excluding tert-OH is 2. The second-order valence-electron chi connectivity index (χ2n) is 13.2. The van der Waals surface area contributed by atoms with Crippen LogP contribution in [0.1, 0.15) is 70.5 Å². The lowest BCUT2D eigenvalue weighted by atomic mass is 9.89. The molecule has 0 unspecified atom stereocenters. The van der Waals surface area contributed by atoms with E-state index in [4.69, 9.17) is 9.47 Å². The second-order valence-corrected chi connectivity index (χ2v) is 13.2. The van der Waals surface area contributed by atoms with Gasteiger partial charge in [-0.25, -0.2) is 0 Å². The van der Waals surface area contributed by atoms with Crippen molar-refractivity contribution >= 4 is 5.91 Å². The van der Waals surface area contributed by atoms with Crippen molar-refractivity contribution in [2.24, 2.45) is 5.92 Å². The average molecular weight is 671 g/mol. The Morgan fingerprint density at radius 2 is 1.42 bits per heavy atom. The number of hydrogen-bond acceptors (Lipinski definition) is 6. The summed E-state index contributed by atoms with van der Waals surface area (Å²) in [7, 11) is 2.02. The Bertz CT molecular complexity index is 1810. The van der Waals surface area contributed by atoms with E-state index in [-0.39, 0.29) is 36.7 Å². The zero-order chi connectivity index (χ0) is 35.0. The number of carbonyl (C=O) groups excluding carboxylic acids is 1. The molecule has 1 aliphatic heterocycles. The van der Waals surface area contributed by atoms with Gasteiger partial charge in [0.25, 0.3) is 5.91 Å². The summed E-state index contributed by atoms with van der Waals surface area (Å²) in [5, 5.41) is 23.9. The molecule has 1 amide bonds. The molecule has 0 spiro atoms. The fraction of sp³-hybridized carbons (Fsp3) is 0.279. The largest absolute Gasteiger partial charge is 0.392 e. The lowest BCUT2D eigenvalue weighted by Crippen LogP contribution is -2.46. The highest BCUT2D eigenvalue weighted by molar-refractivity contribution is 5.94. The van der Waals surface area contributed by atoms with Gasteiger partial charge in [0.2, 0.25) is 0 Å². The van der Waals surface area contributed by atoms with Crippen LogP contribution in [-0.2, 0) is 22.6 Å². The summed E-state index contributed by atoms with van der Waals surface area (Å²) in [6, 6.07) is 43.1. The quantitative estimate of drug-likeness (QED) is 0.127. The van der Waals surface area contributed by atoms with E-state index in [9.17, 15) is 15.0 Å². The lowest BCUT2D eigenvalue weighted by molar-refractivity contribution is -0.276. The van der Waals surface area contributed by atoms with Gasteiger partial charge in [0.15, 0.2) is 6.29 Å². The maximum absolute atomic E-state index is 12.7. The van der Waals surface area contributed by atoms with Crippen molar-refractivity contribution in [1.29, 1.82) is 0 Å². The number of rotatable bonds is 12. The number of nitrogens with one attached hydrogen (secondary N) is 1. The maximum atomic E-state index is 12.7. The molecule has 0 saturated carbocycles. The van der Waals surface area contributed by atoms with Crippen LogP contribution in [0, 0.1) is 5.92 Å². The Balaban J connectivity index is 1.21. The van der Waals surface area contributed by atoms with E-state index in [1.54, 1.807) is 0 Å². The van der Waals surface area contributed by atoms with Crippen LogP contribution in [0.4, 0.5) is 0 Å². The molecular weight excluding hydrogens is 624 g/mol. The van der Waals surface area contributed by atoms with Crippen LogP contribution in [0.15, 0.2) is 133 Å². The van der Waals surface area contributed by atoms with Crippen molar-refractivity contribution in [2.75, 3.05) is 13.6 Å². The van der Waals surface area contributed by atoms with Gasteiger partial charge in [-0.3, -0.25) is 9.69 Å². The molecule has 0 aromatic heterocycles. The fourth-order valence-electron chi connectivity index (χ4n) is 6.59. The van der Waals surface area contributed by atoms with Crippen molar-refractivity contribution in [3.63, 3.8) is 0 Å². The molecule has 50 heavy (non-hydrogen) atoms. The Hall–Kier alpha value is -4.63. The molecule has 1 fully saturated rings. The van der Waals surface area contributed by atoms with Gasteiger partial charge in [0.05, 0.1) is 24.9 Å². The van der Waals surface area contributed by atoms with E-state index in [1.165, 1.54) is 0 Å². The number of nitrogens with zero attached hydrogens (tertiary/aromatic N) is 1. The number of amides is 1. The number of benzene rings is 5. The highest BCUT2D eigenvalue weighted by atomic mass is 16.7. The highest BCUT2D eigenvalue weighted by Crippen LogP contribution is 2.42. The monoisotopic (exact) mass is 670 g/mol. The Labute approximate surface area is 295 Å². The van der Waals surface area contributed by atoms with Crippen LogP contribution in [-0.4, -0.2) is 46.8 Å². The fourth-order valence-corrected chi connectivity index (χ4v) is 6.59. The minimum absolute atomic E-state index is 0.00647. The number of hydrogen-bond donors (Lipinski definition) is 3. The van der Waals surface area contributed by atoms with Gasteiger partial charge in [0, 0.05) is 36.2 Å². The molecule has 6 rings (SSSR count). The van der Waals surface area contributed by atoms with E-state index in [1.807, 2.05) is 129 Å². The van der Waals surface area contributed by atoms with Crippen LogP contribution in [0.2, 0.25) is 0 Å². The highest BCUT2D eigenvalue weighted by Gasteiger charge is 2.39. The zero-order valence-corrected chi connectivity index (χ0v) is 28.9. The molecule has 0 bridgehead atoms. The first-order valence-electron chi connectivity index (χ1n) is 17.3. The average Bonchev–Trinajstić information content (AvgIpc) is 3.18. The van der Waals surface area contributed by atoms with Gasteiger partial charge >= 0.3 is 0 Å². The molecule has 7 nitrogen and oxygen atoms in total. The minimum atomic E-state index is -0.643. The van der Waals surface area contributed by atoms with Crippen LogP contribution < -0.4 is 5.32 Å². The van der Waals surface area contributed by atoms with Crippen molar-refractivity contribution in [2.45, 2.75) is 57.6 Å². The normalized spacial score (nSPS) is 20.3. The van der Waals surface area contributed by atoms with E-state index in [0.29, 0.717) is 18.7 Å². The summed E-state index contributed by atoms with van der Waals surface area (Å²) in [5.74, 6) is -0.103. The van der Waals surface area contributed by atoms with Crippen molar-refractivity contribution in [3.8, 4) is 11.1 Å². The van der Waals surface area contributed by atoms with Crippen LogP contribution in [0.5, 0.6) is 0 Å². The van der Waals surface area contributed by atoms with Gasteiger partial charge in [0.1, 0.15) is 0 Å². The number of carbonyl (C=O) groups is 1. The predicted molar refractivity (Wildman–Crippen MR) is 196 cm³/mol. The topological polar surface area (TPSA) is 91.3 Å². The molecule has 7 heteroatoms. The first-order chi connectivity index (χ1) is 24.3. The first-order valence-corrected chi connectivity index (χ1v) is 17.3. The summed E-state index contributed by atoms with van der Waals surface area (Å²) in [6.45, 7) is 5.17. The van der Waals surface area contributed by atoms with Crippen molar-refractivity contribution < 1.29 is 24.5 Å².